The molecule has 1 saturated heterocycles. The van der Waals surface area contributed by atoms with Crippen LogP contribution < -0.4 is 5.48 Å². The van der Waals surface area contributed by atoms with E-state index in [0.717, 1.165) is 13.0 Å². The van der Waals surface area contributed by atoms with Crippen molar-refractivity contribution < 1.29 is 9.57 Å². The lowest BCUT2D eigenvalue weighted by molar-refractivity contribution is -0.00981. The zero-order valence-electron chi connectivity index (χ0n) is 8.75. The van der Waals surface area contributed by atoms with Crippen molar-refractivity contribution in [3.8, 4) is 0 Å². The maximum absolute atomic E-state index is 5.25. The number of nitrogens with zero attached hydrogens (tertiary/aromatic N) is 1. The summed E-state index contributed by atoms with van der Waals surface area (Å²) in [6.45, 7) is 4.56. The zero-order valence-corrected chi connectivity index (χ0v) is 8.75. The maximum Gasteiger partial charge on any atom is 0.0916 e. The molecule has 4 heteroatoms. The molecular weight excluding hydrogens is 168 g/mol. The lowest BCUT2D eigenvalue weighted by Gasteiger charge is -2.13. The summed E-state index contributed by atoms with van der Waals surface area (Å²) in [7, 11) is 3.82. The number of ether oxygens (including phenoxy) is 1. The molecule has 4 nitrogen and oxygen atoms in total. The molecule has 1 aliphatic rings. The predicted molar refractivity (Wildman–Crippen MR) is 51.5 cm³/mol. The minimum Gasteiger partial charge on any atom is -0.382 e. The number of nitrogens with one attached hydrogen (secondary N) is 1. The molecule has 0 aromatic heterocycles. The van der Waals surface area contributed by atoms with E-state index in [1.807, 2.05) is 0 Å². The minimum atomic E-state index is 0.469. The molecule has 1 fully saturated rings. The van der Waals surface area contributed by atoms with Gasteiger partial charge in [-0.3, -0.25) is 4.84 Å². The lowest BCUT2D eigenvalue weighted by Crippen LogP contribution is -2.32. The summed E-state index contributed by atoms with van der Waals surface area (Å²) in [6.07, 6.45) is 1.16. The van der Waals surface area contributed by atoms with Gasteiger partial charge in [-0.15, -0.1) is 0 Å². The summed E-state index contributed by atoms with van der Waals surface area (Å²) in [5.74, 6) is 0. The fraction of sp³-hybridized carbons (Fsp3) is 1.00. The van der Waals surface area contributed by atoms with Gasteiger partial charge in [-0.1, -0.05) is 0 Å². The average molecular weight is 188 g/mol. The first-order valence-electron chi connectivity index (χ1n) is 4.80. The highest BCUT2D eigenvalue weighted by Gasteiger charge is 2.25. The van der Waals surface area contributed by atoms with E-state index in [2.05, 4.69) is 24.4 Å². The zero-order chi connectivity index (χ0) is 9.68. The molecule has 78 valence electrons. The summed E-state index contributed by atoms with van der Waals surface area (Å²) in [5.41, 5.74) is 3.06. The van der Waals surface area contributed by atoms with E-state index in [-0.39, 0.29) is 0 Å². The van der Waals surface area contributed by atoms with Crippen molar-refractivity contribution in [3.05, 3.63) is 0 Å². The molecule has 0 bridgehead atoms. The molecule has 13 heavy (non-hydrogen) atoms. The second kappa shape index (κ2) is 5.54. The fourth-order valence-corrected chi connectivity index (χ4v) is 1.58. The third kappa shape index (κ3) is 3.60. The molecule has 2 unspecified atom stereocenters. The van der Waals surface area contributed by atoms with Crippen LogP contribution in [0.4, 0.5) is 0 Å². The van der Waals surface area contributed by atoms with Crippen LogP contribution in [-0.2, 0) is 9.57 Å². The van der Waals surface area contributed by atoms with Gasteiger partial charge >= 0.3 is 0 Å². The van der Waals surface area contributed by atoms with Gasteiger partial charge in [0.2, 0.25) is 0 Å². The van der Waals surface area contributed by atoms with E-state index in [1.165, 1.54) is 0 Å². The Bertz CT molecular complexity index is 134. The summed E-state index contributed by atoms with van der Waals surface area (Å²) < 4.78 is 4.87. The van der Waals surface area contributed by atoms with Crippen molar-refractivity contribution in [1.29, 1.82) is 0 Å². The maximum atomic E-state index is 5.25. The van der Waals surface area contributed by atoms with Crippen LogP contribution in [0.25, 0.3) is 0 Å². The van der Waals surface area contributed by atoms with Gasteiger partial charge in [0.05, 0.1) is 13.2 Å². The van der Waals surface area contributed by atoms with Crippen LogP contribution in [0.1, 0.15) is 13.3 Å². The van der Waals surface area contributed by atoms with Crippen LogP contribution in [0.2, 0.25) is 0 Å². The van der Waals surface area contributed by atoms with Gasteiger partial charge < -0.3 is 9.64 Å². The van der Waals surface area contributed by atoms with Gasteiger partial charge in [-0.05, 0) is 20.4 Å². The Hall–Kier alpha value is -0.160. The SMILES string of the molecule is COCCONC1CC(C)N(C)C1. The number of methoxy groups -OCH3 is 1. The van der Waals surface area contributed by atoms with Crippen molar-refractivity contribution in [1.82, 2.24) is 10.4 Å². The third-order valence-corrected chi connectivity index (χ3v) is 2.53. The van der Waals surface area contributed by atoms with Crippen molar-refractivity contribution in [2.45, 2.75) is 25.4 Å². The summed E-state index contributed by atoms with van der Waals surface area (Å²) in [4.78, 5) is 7.58. The summed E-state index contributed by atoms with van der Waals surface area (Å²) in [6, 6.07) is 1.13. The molecule has 0 amide bonds. The first-order chi connectivity index (χ1) is 6.24. The van der Waals surface area contributed by atoms with Crippen LogP contribution in [0.3, 0.4) is 0 Å². The van der Waals surface area contributed by atoms with E-state index in [4.69, 9.17) is 9.57 Å². The van der Waals surface area contributed by atoms with Gasteiger partial charge in [-0.2, -0.15) is 5.48 Å². The number of hydrogen-bond acceptors (Lipinski definition) is 4. The Balaban J connectivity index is 2.03. The van der Waals surface area contributed by atoms with Crippen LogP contribution in [0.5, 0.6) is 0 Å². The number of hydroxylamine groups is 1. The molecular formula is C9H20N2O2. The molecule has 2 atom stereocenters. The Labute approximate surface area is 80.1 Å². The first-order valence-corrected chi connectivity index (χ1v) is 4.80. The van der Waals surface area contributed by atoms with Crippen molar-refractivity contribution in [2.24, 2.45) is 0 Å². The molecule has 0 spiro atoms. The second-order valence-corrected chi connectivity index (χ2v) is 3.68. The summed E-state index contributed by atoms with van der Waals surface area (Å²) in [5, 5.41) is 0. The molecule has 0 aliphatic carbocycles. The highest BCUT2D eigenvalue weighted by molar-refractivity contribution is 4.82. The van der Waals surface area contributed by atoms with Crippen LogP contribution in [0.15, 0.2) is 0 Å². The molecule has 0 saturated carbocycles. The number of hydrogen-bond donors (Lipinski definition) is 1. The quantitative estimate of drug-likeness (QED) is 0.495. The Morgan fingerprint density at radius 3 is 2.77 bits per heavy atom. The van der Waals surface area contributed by atoms with Crippen molar-refractivity contribution >= 4 is 0 Å². The van der Waals surface area contributed by atoms with Gasteiger partial charge in [-0.25, -0.2) is 0 Å². The van der Waals surface area contributed by atoms with E-state index >= 15 is 0 Å². The monoisotopic (exact) mass is 188 g/mol. The van der Waals surface area contributed by atoms with Gasteiger partial charge in [0.25, 0.3) is 0 Å². The first kappa shape index (κ1) is 10.9. The molecule has 0 aromatic carbocycles. The average Bonchev–Trinajstić information content (AvgIpc) is 2.41. The third-order valence-electron chi connectivity index (χ3n) is 2.53. The van der Waals surface area contributed by atoms with E-state index < -0.39 is 0 Å². The van der Waals surface area contributed by atoms with Crippen molar-refractivity contribution in [2.75, 3.05) is 33.9 Å². The van der Waals surface area contributed by atoms with Crippen molar-refractivity contribution in [3.63, 3.8) is 0 Å². The molecule has 0 aromatic rings. The standard InChI is InChI=1S/C9H20N2O2/c1-8-6-9(7-11(8)2)10-13-5-4-12-3/h8-10H,4-7H2,1-3H3. The summed E-state index contributed by atoms with van der Waals surface area (Å²) >= 11 is 0. The molecule has 0 radical (unpaired) electrons. The van der Waals surface area contributed by atoms with Gasteiger partial charge in [0.1, 0.15) is 0 Å². The molecule has 1 aliphatic heterocycles. The topological polar surface area (TPSA) is 33.7 Å². The van der Waals surface area contributed by atoms with E-state index in [0.29, 0.717) is 25.3 Å². The lowest BCUT2D eigenvalue weighted by atomic mass is 10.2. The number of likely N-dealkylation sites (tertiary alicyclic amines) is 1. The molecule has 1 N–H and O–H groups in total. The Morgan fingerprint density at radius 1 is 1.46 bits per heavy atom. The second-order valence-electron chi connectivity index (χ2n) is 3.68. The van der Waals surface area contributed by atoms with Crippen LogP contribution in [0, 0.1) is 0 Å². The van der Waals surface area contributed by atoms with Crippen LogP contribution >= 0.6 is 0 Å². The molecule has 1 heterocycles. The van der Waals surface area contributed by atoms with Gasteiger partial charge in [0, 0.05) is 25.7 Å². The molecule has 1 rings (SSSR count). The van der Waals surface area contributed by atoms with Gasteiger partial charge in [0.15, 0.2) is 0 Å². The minimum absolute atomic E-state index is 0.469. The number of likely N-dealkylation sites (N-methyl/N-ethyl adjacent to an activating group) is 1. The van der Waals surface area contributed by atoms with Crippen LogP contribution in [-0.4, -0.2) is 50.9 Å². The highest BCUT2D eigenvalue weighted by Crippen LogP contribution is 2.14. The smallest absolute Gasteiger partial charge is 0.0916 e. The largest absolute Gasteiger partial charge is 0.382 e. The Morgan fingerprint density at radius 2 is 2.23 bits per heavy atom. The highest BCUT2D eigenvalue weighted by atomic mass is 16.7. The predicted octanol–water partition coefficient (Wildman–Crippen LogP) is 0.247. The number of rotatable bonds is 5. The normalized spacial score (nSPS) is 29.8. The van der Waals surface area contributed by atoms with E-state index in [1.54, 1.807) is 7.11 Å². The Kier molecular flexibility index (Phi) is 4.66. The fourth-order valence-electron chi connectivity index (χ4n) is 1.58. The van der Waals surface area contributed by atoms with E-state index in [9.17, 15) is 0 Å².